The van der Waals surface area contributed by atoms with Gasteiger partial charge in [0, 0.05) is 44.7 Å². The molecular weight excluding hydrogens is 560 g/mol. The van der Waals surface area contributed by atoms with Gasteiger partial charge >= 0.3 is 0 Å². The molecule has 2 aromatic heterocycles. The van der Waals surface area contributed by atoms with Crippen molar-refractivity contribution in [1.29, 1.82) is 0 Å². The van der Waals surface area contributed by atoms with E-state index in [1.165, 1.54) is 10.8 Å². The first-order chi connectivity index (χ1) is 22.8. The molecule has 0 aliphatic rings. The van der Waals surface area contributed by atoms with Crippen molar-refractivity contribution < 1.29 is 4.42 Å². The van der Waals surface area contributed by atoms with Crippen molar-refractivity contribution >= 4 is 60.7 Å². The third-order valence-electron chi connectivity index (χ3n) is 8.89. The van der Waals surface area contributed by atoms with Gasteiger partial charge in [0.2, 0.25) is 0 Å². The Bertz CT molecular complexity index is 2510. The molecule has 9 rings (SSSR count). The molecule has 0 atom stereocenters. The quantitative estimate of drug-likeness (QED) is 0.200. The fourth-order valence-corrected chi connectivity index (χ4v) is 6.89. The molecule has 46 heavy (non-hydrogen) atoms. The molecule has 0 bridgehead atoms. The number of fused-ring (bicyclic) bond motifs is 6. The lowest BCUT2D eigenvalue weighted by atomic mass is 9.87. The maximum atomic E-state index is 6.57. The van der Waals surface area contributed by atoms with Crippen LogP contribution in [0.5, 0.6) is 0 Å². The normalized spacial score (nSPS) is 11.5. The Labute approximate surface area is 266 Å². The van der Waals surface area contributed by atoms with E-state index in [1.807, 2.05) is 24.4 Å². The molecule has 7 aromatic carbocycles. The summed E-state index contributed by atoms with van der Waals surface area (Å²) < 4.78 is 6.57. The molecule has 0 N–H and O–H groups in total. The fraction of sp³-hybridized carbons (Fsp3) is 0. The van der Waals surface area contributed by atoms with E-state index in [-0.39, 0.29) is 0 Å². The van der Waals surface area contributed by atoms with E-state index in [1.54, 1.807) is 0 Å². The van der Waals surface area contributed by atoms with E-state index >= 15 is 0 Å². The molecule has 9 aromatic rings. The lowest BCUT2D eigenvalue weighted by molar-refractivity contribution is 0.672. The van der Waals surface area contributed by atoms with Crippen LogP contribution >= 0.6 is 0 Å². The average Bonchev–Trinajstić information content (AvgIpc) is 3.52. The summed E-state index contributed by atoms with van der Waals surface area (Å²) in [7, 11) is 0. The number of pyridine rings is 1. The maximum absolute atomic E-state index is 6.57. The molecular formula is C43H28N2O. The number of rotatable bonds is 5. The molecule has 3 heteroatoms. The standard InChI is InChI=1S/C43H28N2O/c1-3-14-30(15-4-1)39-36-21-12-28-44-42(36)43-41(35-20-9-10-23-38(35)46-43)40(39)31-24-26-33(27-25-31)45(32-17-5-2-6-18-32)37-22-11-16-29-13-7-8-19-34(29)37/h1-28H. The predicted molar refractivity (Wildman–Crippen MR) is 192 cm³/mol. The van der Waals surface area contributed by atoms with Gasteiger partial charge in [0.15, 0.2) is 5.58 Å². The lowest BCUT2D eigenvalue weighted by Gasteiger charge is -2.27. The summed E-state index contributed by atoms with van der Waals surface area (Å²) in [6, 6.07) is 57.8. The minimum Gasteiger partial charge on any atom is -0.454 e. The van der Waals surface area contributed by atoms with Gasteiger partial charge < -0.3 is 9.32 Å². The molecule has 0 aliphatic heterocycles. The Morgan fingerprint density at radius 1 is 0.457 bits per heavy atom. The van der Waals surface area contributed by atoms with Crippen LogP contribution in [0.2, 0.25) is 0 Å². The molecule has 0 spiro atoms. The van der Waals surface area contributed by atoms with Gasteiger partial charge in [-0.2, -0.15) is 0 Å². The van der Waals surface area contributed by atoms with Crippen LogP contribution in [0.25, 0.3) is 65.9 Å². The minimum atomic E-state index is 0.817. The van der Waals surface area contributed by atoms with Gasteiger partial charge in [0.05, 0.1) is 5.69 Å². The minimum absolute atomic E-state index is 0.817. The maximum Gasteiger partial charge on any atom is 0.162 e. The first-order valence-corrected chi connectivity index (χ1v) is 15.6. The summed E-state index contributed by atoms with van der Waals surface area (Å²) in [4.78, 5) is 7.20. The van der Waals surface area contributed by atoms with Crippen molar-refractivity contribution in [2.45, 2.75) is 0 Å². The van der Waals surface area contributed by atoms with E-state index < -0.39 is 0 Å². The fourth-order valence-electron chi connectivity index (χ4n) is 6.89. The molecule has 3 nitrogen and oxygen atoms in total. The highest BCUT2D eigenvalue weighted by molar-refractivity contribution is 6.25. The van der Waals surface area contributed by atoms with Crippen molar-refractivity contribution in [2.24, 2.45) is 0 Å². The second-order valence-corrected chi connectivity index (χ2v) is 11.5. The summed E-state index contributed by atoms with van der Waals surface area (Å²) in [5, 5.41) is 5.66. The van der Waals surface area contributed by atoms with Gasteiger partial charge in [0.25, 0.3) is 0 Å². The number of aromatic nitrogens is 1. The van der Waals surface area contributed by atoms with E-state index in [0.29, 0.717) is 0 Å². The summed E-state index contributed by atoms with van der Waals surface area (Å²) >= 11 is 0. The second kappa shape index (κ2) is 10.8. The molecule has 0 aliphatic carbocycles. The molecule has 216 valence electrons. The molecule has 0 unspecified atom stereocenters. The highest BCUT2D eigenvalue weighted by atomic mass is 16.3. The molecule has 0 fully saturated rings. The molecule has 0 amide bonds. The van der Waals surface area contributed by atoms with Crippen LogP contribution in [-0.2, 0) is 0 Å². The van der Waals surface area contributed by atoms with Gasteiger partial charge in [-0.15, -0.1) is 0 Å². The van der Waals surface area contributed by atoms with Crippen LogP contribution in [0.1, 0.15) is 0 Å². The number of para-hydroxylation sites is 2. The summed E-state index contributed by atoms with van der Waals surface area (Å²) in [5.74, 6) is 0. The van der Waals surface area contributed by atoms with E-state index in [2.05, 4.69) is 150 Å². The van der Waals surface area contributed by atoms with Crippen molar-refractivity contribution in [3.05, 3.63) is 170 Å². The van der Waals surface area contributed by atoms with Crippen LogP contribution in [0, 0.1) is 0 Å². The second-order valence-electron chi connectivity index (χ2n) is 11.5. The first-order valence-electron chi connectivity index (χ1n) is 15.6. The number of hydrogen-bond acceptors (Lipinski definition) is 3. The van der Waals surface area contributed by atoms with Gasteiger partial charge in [0.1, 0.15) is 11.1 Å². The average molecular weight is 589 g/mol. The lowest BCUT2D eigenvalue weighted by Crippen LogP contribution is -2.10. The van der Waals surface area contributed by atoms with Crippen molar-refractivity contribution in [3.8, 4) is 22.3 Å². The third-order valence-corrected chi connectivity index (χ3v) is 8.89. The number of furan rings is 1. The predicted octanol–water partition coefficient (Wildman–Crippen LogP) is 12.1. The van der Waals surface area contributed by atoms with Crippen LogP contribution in [-0.4, -0.2) is 4.98 Å². The number of nitrogens with zero attached hydrogens (tertiary/aromatic N) is 2. The largest absolute Gasteiger partial charge is 0.454 e. The van der Waals surface area contributed by atoms with Crippen molar-refractivity contribution in [2.75, 3.05) is 4.90 Å². The first kappa shape index (κ1) is 26.2. The van der Waals surface area contributed by atoms with Crippen LogP contribution in [0.15, 0.2) is 174 Å². The Balaban J connectivity index is 1.32. The number of anilines is 3. The Morgan fingerprint density at radius 3 is 1.91 bits per heavy atom. The Morgan fingerprint density at radius 2 is 1.09 bits per heavy atom. The van der Waals surface area contributed by atoms with E-state index in [4.69, 9.17) is 9.40 Å². The summed E-state index contributed by atoms with van der Waals surface area (Å²) in [6.07, 6.45) is 1.85. The monoisotopic (exact) mass is 588 g/mol. The number of benzene rings is 7. The third kappa shape index (κ3) is 4.17. The van der Waals surface area contributed by atoms with Crippen molar-refractivity contribution in [3.63, 3.8) is 0 Å². The smallest absolute Gasteiger partial charge is 0.162 e. The number of hydrogen-bond donors (Lipinski definition) is 0. The molecule has 0 saturated carbocycles. The van der Waals surface area contributed by atoms with E-state index in [0.717, 1.165) is 72.2 Å². The molecule has 0 saturated heterocycles. The zero-order valence-electron chi connectivity index (χ0n) is 25.0. The van der Waals surface area contributed by atoms with Gasteiger partial charge in [-0.1, -0.05) is 121 Å². The van der Waals surface area contributed by atoms with E-state index in [9.17, 15) is 0 Å². The van der Waals surface area contributed by atoms with Crippen molar-refractivity contribution in [1.82, 2.24) is 4.98 Å². The van der Waals surface area contributed by atoms with Crippen LogP contribution < -0.4 is 4.90 Å². The zero-order valence-corrected chi connectivity index (χ0v) is 25.0. The molecule has 2 heterocycles. The SMILES string of the molecule is c1ccc(-c2c(-c3ccc(N(c4ccccc4)c4cccc5ccccc45)cc3)c3c4ccccc4oc3c3ncccc23)cc1. The summed E-state index contributed by atoms with van der Waals surface area (Å²) in [6.45, 7) is 0. The highest BCUT2D eigenvalue weighted by Crippen LogP contribution is 2.48. The Kier molecular flexibility index (Phi) is 6.14. The van der Waals surface area contributed by atoms with Gasteiger partial charge in [-0.3, -0.25) is 4.98 Å². The van der Waals surface area contributed by atoms with Gasteiger partial charge in [-0.25, -0.2) is 0 Å². The van der Waals surface area contributed by atoms with Crippen LogP contribution in [0.3, 0.4) is 0 Å². The Hall–Kier alpha value is -6.19. The van der Waals surface area contributed by atoms with Gasteiger partial charge in [-0.05, 0) is 64.5 Å². The topological polar surface area (TPSA) is 29.3 Å². The summed E-state index contributed by atoms with van der Waals surface area (Å²) in [5.41, 5.74) is 10.5. The highest BCUT2D eigenvalue weighted by Gasteiger charge is 2.23. The zero-order chi connectivity index (χ0) is 30.5. The molecule has 0 radical (unpaired) electrons. The van der Waals surface area contributed by atoms with Crippen LogP contribution in [0.4, 0.5) is 17.1 Å².